The maximum atomic E-state index is 12.6. The highest BCUT2D eigenvalue weighted by Crippen LogP contribution is 2.28. The van der Waals surface area contributed by atoms with E-state index < -0.39 is 5.54 Å². The van der Waals surface area contributed by atoms with Gasteiger partial charge in [0.25, 0.3) is 0 Å². The average molecular weight is 291 g/mol. The van der Waals surface area contributed by atoms with Gasteiger partial charge in [-0.1, -0.05) is 46.0 Å². The van der Waals surface area contributed by atoms with E-state index in [1.165, 1.54) is 6.42 Å². The van der Waals surface area contributed by atoms with Gasteiger partial charge in [0.05, 0.1) is 5.54 Å². The monoisotopic (exact) mass is 290 g/mol. The number of carbonyl (C=O) groups excluding carboxylic acids is 1. The van der Waals surface area contributed by atoms with Gasteiger partial charge < -0.3 is 10.6 Å². The molecule has 0 aromatic carbocycles. The topological polar surface area (TPSA) is 46.3 Å². The fourth-order valence-electron chi connectivity index (χ4n) is 2.93. The van der Waals surface area contributed by atoms with Crippen LogP contribution in [0.25, 0.3) is 0 Å². The van der Waals surface area contributed by atoms with E-state index in [2.05, 4.69) is 20.8 Å². The minimum atomic E-state index is -0.569. The molecule has 3 nitrogen and oxygen atoms in total. The highest BCUT2D eigenvalue weighted by atomic mass is 35.5. The van der Waals surface area contributed by atoms with E-state index in [4.69, 9.17) is 5.73 Å². The van der Waals surface area contributed by atoms with E-state index >= 15 is 0 Å². The lowest BCUT2D eigenvalue weighted by atomic mass is 9.81. The first-order chi connectivity index (χ1) is 8.57. The van der Waals surface area contributed by atoms with Crippen molar-refractivity contribution < 1.29 is 4.79 Å². The molecule has 1 amide bonds. The predicted molar refractivity (Wildman–Crippen MR) is 83.6 cm³/mol. The molecule has 114 valence electrons. The summed E-state index contributed by atoms with van der Waals surface area (Å²) >= 11 is 0. The average Bonchev–Trinajstić information content (AvgIpc) is 2.40. The van der Waals surface area contributed by atoms with Crippen LogP contribution in [0.5, 0.6) is 0 Å². The molecule has 1 saturated carbocycles. The molecule has 0 radical (unpaired) electrons. The normalized spacial score (nSPS) is 17.9. The zero-order valence-corrected chi connectivity index (χ0v) is 13.6. The number of hydrogen-bond donors (Lipinski definition) is 1. The van der Waals surface area contributed by atoms with Crippen LogP contribution >= 0.6 is 12.4 Å². The Morgan fingerprint density at radius 1 is 1.16 bits per heavy atom. The minimum absolute atomic E-state index is 0. The lowest BCUT2D eigenvalue weighted by Gasteiger charge is -2.37. The molecule has 0 atom stereocenters. The molecular weight excluding hydrogens is 260 g/mol. The Hall–Kier alpha value is -0.280. The molecular formula is C15H31ClN2O. The highest BCUT2D eigenvalue weighted by molar-refractivity contribution is 5.86. The molecule has 1 rings (SSSR count). The Kier molecular flexibility index (Phi) is 8.67. The standard InChI is InChI=1S/C15H30N2O.ClH/c1-4-13(5-2)12-17(6-3)14(18)15(16)10-8-7-9-11-15;/h13H,4-12,16H2,1-3H3;1H. The number of halogens is 1. The molecule has 1 aliphatic carbocycles. The number of hydrogen-bond acceptors (Lipinski definition) is 2. The molecule has 0 unspecified atom stereocenters. The number of amides is 1. The first-order valence-electron chi connectivity index (χ1n) is 7.65. The Balaban J connectivity index is 0.00000324. The Labute approximate surface area is 124 Å². The third-order valence-electron chi connectivity index (χ3n) is 4.47. The largest absolute Gasteiger partial charge is 0.341 e. The van der Waals surface area contributed by atoms with Crippen LogP contribution < -0.4 is 5.73 Å². The Morgan fingerprint density at radius 3 is 2.11 bits per heavy atom. The molecule has 2 N–H and O–H groups in total. The molecule has 1 aliphatic rings. The molecule has 0 saturated heterocycles. The first kappa shape index (κ1) is 18.7. The van der Waals surface area contributed by atoms with Crippen LogP contribution in [0.15, 0.2) is 0 Å². The zero-order valence-electron chi connectivity index (χ0n) is 12.8. The van der Waals surface area contributed by atoms with Crippen LogP contribution in [-0.4, -0.2) is 29.4 Å². The quantitative estimate of drug-likeness (QED) is 0.815. The van der Waals surface area contributed by atoms with Gasteiger partial charge in [-0.3, -0.25) is 4.79 Å². The van der Waals surface area contributed by atoms with Crippen LogP contribution in [0.4, 0.5) is 0 Å². The summed E-state index contributed by atoms with van der Waals surface area (Å²) in [6, 6.07) is 0. The lowest BCUT2D eigenvalue weighted by molar-refractivity contribution is -0.138. The van der Waals surface area contributed by atoms with Crippen molar-refractivity contribution >= 4 is 18.3 Å². The summed E-state index contributed by atoms with van der Waals surface area (Å²) in [5.74, 6) is 0.803. The van der Waals surface area contributed by atoms with E-state index in [0.717, 1.165) is 51.6 Å². The van der Waals surface area contributed by atoms with Gasteiger partial charge in [-0.15, -0.1) is 12.4 Å². The summed E-state index contributed by atoms with van der Waals surface area (Å²) < 4.78 is 0. The van der Waals surface area contributed by atoms with Crippen molar-refractivity contribution in [1.82, 2.24) is 4.90 Å². The van der Waals surface area contributed by atoms with Crippen molar-refractivity contribution in [3.63, 3.8) is 0 Å². The molecule has 0 aliphatic heterocycles. The van der Waals surface area contributed by atoms with Crippen LogP contribution in [0, 0.1) is 5.92 Å². The zero-order chi connectivity index (χ0) is 13.6. The molecule has 19 heavy (non-hydrogen) atoms. The van der Waals surface area contributed by atoms with Crippen LogP contribution in [-0.2, 0) is 4.79 Å². The van der Waals surface area contributed by atoms with E-state index in [9.17, 15) is 4.79 Å². The second kappa shape index (κ2) is 8.80. The van der Waals surface area contributed by atoms with Gasteiger partial charge in [0.15, 0.2) is 0 Å². The minimum Gasteiger partial charge on any atom is -0.341 e. The number of likely N-dealkylation sites (N-methyl/N-ethyl adjacent to an activating group) is 1. The number of rotatable bonds is 6. The van der Waals surface area contributed by atoms with Gasteiger partial charge in [0.1, 0.15) is 0 Å². The summed E-state index contributed by atoms with van der Waals surface area (Å²) in [7, 11) is 0. The molecule has 0 aromatic rings. The van der Waals surface area contributed by atoms with Crippen molar-refractivity contribution in [3.8, 4) is 0 Å². The van der Waals surface area contributed by atoms with Crippen molar-refractivity contribution in [3.05, 3.63) is 0 Å². The van der Waals surface area contributed by atoms with E-state index in [0.29, 0.717) is 5.92 Å². The highest BCUT2D eigenvalue weighted by Gasteiger charge is 2.38. The molecule has 0 spiro atoms. The van der Waals surface area contributed by atoms with Crippen molar-refractivity contribution in [2.45, 2.75) is 71.3 Å². The third-order valence-corrected chi connectivity index (χ3v) is 4.47. The number of nitrogens with two attached hydrogens (primary N) is 1. The molecule has 0 bridgehead atoms. The van der Waals surface area contributed by atoms with Gasteiger partial charge in [0, 0.05) is 13.1 Å². The van der Waals surface area contributed by atoms with E-state index in [-0.39, 0.29) is 18.3 Å². The van der Waals surface area contributed by atoms with Crippen LogP contribution in [0.3, 0.4) is 0 Å². The van der Waals surface area contributed by atoms with Gasteiger partial charge in [-0.2, -0.15) is 0 Å². The first-order valence-corrected chi connectivity index (χ1v) is 7.65. The van der Waals surface area contributed by atoms with E-state index in [1.807, 2.05) is 4.90 Å². The predicted octanol–water partition coefficient (Wildman–Crippen LogP) is 3.35. The van der Waals surface area contributed by atoms with Gasteiger partial charge in [-0.05, 0) is 25.7 Å². The third kappa shape index (κ3) is 4.96. The summed E-state index contributed by atoms with van der Waals surface area (Å²) in [5, 5.41) is 0. The molecule has 1 fully saturated rings. The fourth-order valence-corrected chi connectivity index (χ4v) is 2.93. The van der Waals surface area contributed by atoms with Crippen LogP contribution in [0.2, 0.25) is 0 Å². The van der Waals surface area contributed by atoms with Gasteiger partial charge in [0.2, 0.25) is 5.91 Å². The van der Waals surface area contributed by atoms with Crippen molar-refractivity contribution in [2.24, 2.45) is 11.7 Å². The summed E-state index contributed by atoms with van der Waals surface area (Å²) in [5.41, 5.74) is 5.78. The van der Waals surface area contributed by atoms with E-state index in [1.54, 1.807) is 0 Å². The Bertz CT molecular complexity index is 261. The molecule has 0 heterocycles. The summed E-state index contributed by atoms with van der Waals surface area (Å²) in [4.78, 5) is 14.6. The summed E-state index contributed by atoms with van der Waals surface area (Å²) in [6.07, 6.45) is 7.44. The second-order valence-electron chi connectivity index (χ2n) is 5.74. The number of nitrogens with zero attached hydrogens (tertiary/aromatic N) is 1. The summed E-state index contributed by atoms with van der Waals surface area (Å²) in [6.45, 7) is 8.12. The van der Waals surface area contributed by atoms with Crippen LogP contribution in [0.1, 0.15) is 65.7 Å². The fraction of sp³-hybridized carbons (Fsp3) is 0.933. The SMILES string of the molecule is CCC(CC)CN(CC)C(=O)C1(N)CCCCC1.Cl. The lowest BCUT2D eigenvalue weighted by Crippen LogP contribution is -2.57. The maximum Gasteiger partial charge on any atom is 0.242 e. The van der Waals surface area contributed by atoms with Gasteiger partial charge in [-0.25, -0.2) is 0 Å². The Morgan fingerprint density at radius 2 is 1.68 bits per heavy atom. The maximum absolute atomic E-state index is 12.6. The smallest absolute Gasteiger partial charge is 0.242 e. The van der Waals surface area contributed by atoms with Gasteiger partial charge >= 0.3 is 0 Å². The molecule has 4 heteroatoms. The van der Waals surface area contributed by atoms with Crippen molar-refractivity contribution in [1.29, 1.82) is 0 Å². The number of carbonyl (C=O) groups is 1. The molecule has 0 aromatic heterocycles. The second-order valence-corrected chi connectivity index (χ2v) is 5.74. The van der Waals surface area contributed by atoms with Crippen molar-refractivity contribution in [2.75, 3.05) is 13.1 Å².